The number of azo groups is 3. The first-order valence-electron chi connectivity index (χ1n) is 15.7. The van der Waals surface area contributed by atoms with Crippen molar-refractivity contribution in [1.29, 1.82) is 0 Å². The second-order valence-electron chi connectivity index (χ2n) is 12.2. The van der Waals surface area contributed by atoms with Crippen LogP contribution in [-0.4, -0.2) is 57.0 Å². The van der Waals surface area contributed by atoms with Crippen molar-refractivity contribution in [2.24, 2.45) is 30.7 Å². The minimum Gasteiger partial charge on any atom is -0.504 e. The maximum absolute atomic E-state index is 12.0. The highest BCUT2D eigenvalue weighted by Crippen LogP contribution is 2.42. The number of hydrogen-bond acceptors (Lipinski definition) is 15. The van der Waals surface area contributed by atoms with Gasteiger partial charge in [0.25, 0.3) is 40.5 Å². The van der Waals surface area contributed by atoms with E-state index in [-0.39, 0.29) is 32.9 Å². The summed E-state index contributed by atoms with van der Waals surface area (Å²) in [6, 6.07) is 19.2. The molecule has 19 nitrogen and oxygen atoms in total. The molecular weight excluding hydrogens is 829 g/mol. The lowest BCUT2D eigenvalue weighted by molar-refractivity contribution is 0.444. The molecule has 6 rings (SSSR count). The average molecular weight is 855 g/mol. The summed E-state index contributed by atoms with van der Waals surface area (Å²) in [5, 5.41) is 35.6. The minimum absolute atomic E-state index is 0.0576. The molecule has 5 N–H and O–H groups in total. The van der Waals surface area contributed by atoms with Crippen LogP contribution in [0.15, 0.2) is 141 Å². The van der Waals surface area contributed by atoms with Gasteiger partial charge in [0, 0.05) is 10.8 Å². The fraction of sp³-hybridized carbons (Fsp3) is 0.0588. The van der Waals surface area contributed by atoms with Gasteiger partial charge < -0.3 is 5.11 Å². The van der Waals surface area contributed by atoms with E-state index in [0.29, 0.717) is 34.3 Å². The van der Waals surface area contributed by atoms with E-state index in [1.807, 2.05) is 0 Å². The fourth-order valence-electron chi connectivity index (χ4n) is 5.46. The zero-order valence-electron chi connectivity index (χ0n) is 29.0. The summed E-state index contributed by atoms with van der Waals surface area (Å²) >= 11 is 0. The molecule has 0 amide bonds. The van der Waals surface area contributed by atoms with E-state index in [4.69, 9.17) is 0 Å². The van der Waals surface area contributed by atoms with Gasteiger partial charge >= 0.3 is 0 Å². The highest BCUT2D eigenvalue weighted by molar-refractivity contribution is 7.87. The highest BCUT2D eigenvalue weighted by Gasteiger charge is 2.24. The van der Waals surface area contributed by atoms with E-state index in [1.54, 1.807) is 44.2 Å². The topological polar surface area (TPSA) is 312 Å². The Morgan fingerprint density at radius 2 is 0.912 bits per heavy atom. The summed E-state index contributed by atoms with van der Waals surface area (Å²) in [6.45, 7) is 3.43. The molecule has 0 unspecified atom stereocenters. The van der Waals surface area contributed by atoms with Gasteiger partial charge in [-0.25, -0.2) is 0 Å². The number of phenols is 1. The Morgan fingerprint density at radius 3 is 1.42 bits per heavy atom. The van der Waals surface area contributed by atoms with E-state index in [2.05, 4.69) is 30.7 Å². The van der Waals surface area contributed by atoms with E-state index in [0.717, 1.165) is 24.3 Å². The standard InChI is InChI=1S/C34H26N6O13S4/c1-18-11-22(5-9-30(18)39-36-24-4-3-20-13-26(55(45,46)47)17-31(28(20)16-24)56(48,49)50)35-38-29-10-6-23(12-19(29)2)37-40-33-27-8-7-25(54(42,43)44)14-21(27)15-32(34(33)41)57(51,52)53/h3-17,41H,1-2H3,(H,42,43,44)(H,45,46,47)(H,48,49,50)(H,51,52,53)/b38-35+,39-36+,40-37+. The minimum atomic E-state index is -5.00. The third-order valence-corrected chi connectivity index (χ3v) is 11.7. The van der Waals surface area contributed by atoms with Gasteiger partial charge in [-0.2, -0.15) is 59.2 Å². The predicted molar refractivity (Wildman–Crippen MR) is 204 cm³/mol. The van der Waals surface area contributed by atoms with E-state index < -0.39 is 71.5 Å². The molecule has 0 aliphatic heterocycles. The first-order valence-corrected chi connectivity index (χ1v) is 21.5. The molecule has 0 saturated carbocycles. The normalized spacial score (nSPS) is 13.2. The van der Waals surface area contributed by atoms with Gasteiger partial charge in [0.1, 0.15) is 15.5 Å². The van der Waals surface area contributed by atoms with Crippen molar-refractivity contribution in [1.82, 2.24) is 0 Å². The van der Waals surface area contributed by atoms with Crippen molar-refractivity contribution in [3.05, 3.63) is 102 Å². The number of fused-ring (bicyclic) bond motifs is 2. The molecular formula is C34H26N6O13S4. The number of benzene rings is 6. The Labute approximate surface area is 323 Å². The van der Waals surface area contributed by atoms with Crippen LogP contribution in [-0.2, 0) is 40.5 Å². The average Bonchev–Trinajstić information content (AvgIpc) is 3.11. The third-order valence-electron chi connectivity index (χ3n) is 8.22. The number of nitrogens with zero attached hydrogens (tertiary/aromatic N) is 6. The lowest BCUT2D eigenvalue weighted by Crippen LogP contribution is -2.04. The molecule has 0 fully saturated rings. The van der Waals surface area contributed by atoms with Crippen molar-refractivity contribution in [3.63, 3.8) is 0 Å². The molecule has 0 aliphatic rings. The van der Waals surface area contributed by atoms with Gasteiger partial charge in [0.15, 0.2) is 5.75 Å². The van der Waals surface area contributed by atoms with Crippen LogP contribution in [0, 0.1) is 13.8 Å². The number of aryl methyl sites for hydroxylation is 2. The Bertz CT molecular complexity index is 3230. The Morgan fingerprint density at radius 1 is 0.421 bits per heavy atom. The SMILES string of the molecule is Cc1cc(/N=N/c2ccc(/N=N/c3c(O)c(S(=O)(=O)O)cc4cc(S(=O)(=O)O)ccc34)cc2C)ccc1/N=N/c1ccc2cc(S(=O)(=O)O)cc(S(=O)(=O)O)c2c1. The van der Waals surface area contributed by atoms with Crippen LogP contribution >= 0.6 is 0 Å². The second-order valence-corrected chi connectivity index (χ2v) is 17.8. The molecule has 0 aliphatic carbocycles. The lowest BCUT2D eigenvalue weighted by atomic mass is 10.1. The second kappa shape index (κ2) is 14.9. The van der Waals surface area contributed by atoms with Gasteiger partial charge in [-0.05, 0) is 115 Å². The van der Waals surface area contributed by atoms with Crippen LogP contribution in [0.5, 0.6) is 5.75 Å². The summed E-state index contributed by atoms with van der Waals surface area (Å²) < 4.78 is 133. The largest absolute Gasteiger partial charge is 0.504 e. The summed E-state index contributed by atoms with van der Waals surface area (Å²) in [4.78, 5) is -2.99. The maximum Gasteiger partial charge on any atom is 0.298 e. The molecule has 294 valence electrons. The smallest absolute Gasteiger partial charge is 0.298 e. The van der Waals surface area contributed by atoms with Gasteiger partial charge in [-0.15, -0.1) is 5.11 Å². The lowest BCUT2D eigenvalue weighted by Gasteiger charge is -2.09. The molecule has 0 radical (unpaired) electrons. The predicted octanol–water partition coefficient (Wildman–Crippen LogP) is 8.55. The number of rotatable bonds is 10. The third kappa shape index (κ3) is 9.05. The molecule has 57 heavy (non-hydrogen) atoms. The first kappa shape index (κ1) is 40.7. The molecule has 0 saturated heterocycles. The zero-order valence-corrected chi connectivity index (χ0v) is 32.2. The molecule has 0 atom stereocenters. The Hall–Kier alpha value is -5.92. The van der Waals surface area contributed by atoms with Crippen LogP contribution in [0.2, 0.25) is 0 Å². The van der Waals surface area contributed by atoms with Gasteiger partial charge in [-0.3, -0.25) is 18.2 Å². The monoisotopic (exact) mass is 854 g/mol. The van der Waals surface area contributed by atoms with E-state index >= 15 is 0 Å². The van der Waals surface area contributed by atoms with Crippen LogP contribution < -0.4 is 0 Å². The van der Waals surface area contributed by atoms with Gasteiger partial charge in [0.05, 0.1) is 38.2 Å². The van der Waals surface area contributed by atoms with E-state index in [9.17, 15) is 57.0 Å². The number of hydrogen-bond donors (Lipinski definition) is 5. The Kier molecular flexibility index (Phi) is 10.6. The molecule has 0 aromatic heterocycles. The molecule has 0 heterocycles. The van der Waals surface area contributed by atoms with Crippen molar-refractivity contribution in [2.45, 2.75) is 33.4 Å². The Balaban J connectivity index is 1.22. The fourth-order valence-corrected chi connectivity index (χ4v) is 7.94. The summed E-state index contributed by atoms with van der Waals surface area (Å²) in [6.07, 6.45) is 0. The molecule has 6 aromatic rings. The van der Waals surface area contributed by atoms with Gasteiger partial charge in [-0.1, -0.05) is 12.1 Å². The van der Waals surface area contributed by atoms with Crippen LogP contribution in [0.3, 0.4) is 0 Å². The highest BCUT2D eigenvalue weighted by atomic mass is 32.2. The van der Waals surface area contributed by atoms with Crippen LogP contribution in [0.25, 0.3) is 21.5 Å². The van der Waals surface area contributed by atoms with Crippen molar-refractivity contribution < 1.29 is 57.0 Å². The van der Waals surface area contributed by atoms with Crippen LogP contribution in [0.1, 0.15) is 11.1 Å². The number of phenolic OH excluding ortho intramolecular Hbond substituents is 1. The molecule has 23 heteroatoms. The quantitative estimate of drug-likeness (QED) is 0.0638. The van der Waals surface area contributed by atoms with Crippen molar-refractivity contribution in [3.8, 4) is 5.75 Å². The summed E-state index contributed by atoms with van der Waals surface area (Å²) in [5.41, 5.74) is 2.49. The van der Waals surface area contributed by atoms with Crippen molar-refractivity contribution in [2.75, 3.05) is 0 Å². The summed E-state index contributed by atoms with van der Waals surface area (Å²) in [7, 11) is -19.3. The first-order chi connectivity index (χ1) is 26.5. The number of aromatic hydroxyl groups is 1. The van der Waals surface area contributed by atoms with E-state index in [1.165, 1.54) is 30.3 Å². The zero-order chi connectivity index (χ0) is 41.7. The molecule has 0 bridgehead atoms. The van der Waals surface area contributed by atoms with Gasteiger partial charge in [0.2, 0.25) is 0 Å². The molecule has 0 spiro atoms. The summed E-state index contributed by atoms with van der Waals surface area (Å²) in [5.74, 6) is -0.944. The van der Waals surface area contributed by atoms with Crippen molar-refractivity contribution >= 4 is 96.1 Å². The van der Waals surface area contributed by atoms with Crippen LogP contribution in [0.4, 0.5) is 34.1 Å². The maximum atomic E-state index is 12.0. The molecule has 6 aromatic carbocycles.